The van der Waals surface area contributed by atoms with Gasteiger partial charge in [-0.3, -0.25) is 4.90 Å². The molecule has 0 radical (unpaired) electrons. The zero-order valence-electron chi connectivity index (χ0n) is 15.6. The Morgan fingerprint density at radius 3 is 2.63 bits per heavy atom. The molecule has 3 atom stereocenters. The Balaban J connectivity index is 1.84. The van der Waals surface area contributed by atoms with Gasteiger partial charge in [-0.1, -0.05) is 48.1 Å². The van der Waals surface area contributed by atoms with Crippen LogP contribution in [0.3, 0.4) is 0 Å². The second-order valence-corrected chi connectivity index (χ2v) is 8.42. The largest absolute Gasteiger partial charge is 0.492 e. The third kappa shape index (κ3) is 3.45. The minimum absolute atomic E-state index is 0.106. The number of benzene rings is 1. The van der Waals surface area contributed by atoms with E-state index in [9.17, 15) is 5.11 Å². The van der Waals surface area contributed by atoms with Gasteiger partial charge in [-0.05, 0) is 25.5 Å². The van der Waals surface area contributed by atoms with Gasteiger partial charge in [0.15, 0.2) is 5.82 Å². The summed E-state index contributed by atoms with van der Waals surface area (Å²) >= 11 is 8.03. The lowest BCUT2D eigenvalue weighted by Gasteiger charge is -2.40. The van der Waals surface area contributed by atoms with Gasteiger partial charge < -0.3 is 9.84 Å². The number of fused-ring (bicyclic) bond motifs is 1. The maximum absolute atomic E-state index is 11.0. The molecule has 1 aromatic carbocycles. The van der Waals surface area contributed by atoms with Crippen LogP contribution in [0, 0.1) is 0 Å². The van der Waals surface area contributed by atoms with Gasteiger partial charge in [0, 0.05) is 24.5 Å². The van der Waals surface area contributed by atoms with Crippen LogP contribution < -0.4 is 0 Å². The predicted molar refractivity (Wildman–Crippen MR) is 107 cm³/mol. The Bertz CT molecular complexity index is 946. The van der Waals surface area contributed by atoms with Gasteiger partial charge in [-0.2, -0.15) is 4.52 Å². The molecule has 1 N–H and O–H groups in total. The van der Waals surface area contributed by atoms with Crippen LogP contribution in [0.1, 0.15) is 43.1 Å². The zero-order valence-corrected chi connectivity index (χ0v) is 17.2. The van der Waals surface area contributed by atoms with Crippen molar-refractivity contribution in [3.05, 3.63) is 45.6 Å². The monoisotopic (exact) mass is 406 g/mol. The highest BCUT2D eigenvalue weighted by atomic mass is 35.5. The van der Waals surface area contributed by atoms with E-state index >= 15 is 0 Å². The van der Waals surface area contributed by atoms with Crippen molar-refractivity contribution in [1.82, 2.24) is 19.5 Å². The number of hydrogen-bond donors (Lipinski definition) is 1. The van der Waals surface area contributed by atoms with E-state index in [0.29, 0.717) is 9.98 Å². The van der Waals surface area contributed by atoms with Gasteiger partial charge in [0.05, 0.1) is 23.1 Å². The summed E-state index contributed by atoms with van der Waals surface area (Å²) in [4.78, 5) is 8.35. The number of aromatic nitrogens is 3. The van der Waals surface area contributed by atoms with Gasteiger partial charge in [0.25, 0.3) is 0 Å². The van der Waals surface area contributed by atoms with Gasteiger partial charge >= 0.3 is 0 Å². The molecule has 2 aromatic heterocycles. The molecule has 6 nitrogen and oxygen atoms in total. The minimum atomic E-state index is -0.175. The maximum atomic E-state index is 11.0. The number of halogens is 1. The van der Waals surface area contributed by atoms with E-state index in [-0.39, 0.29) is 24.1 Å². The summed E-state index contributed by atoms with van der Waals surface area (Å²) in [6.07, 6.45) is 0.944. The number of ether oxygens (including phenoxy) is 1. The molecule has 0 aliphatic carbocycles. The van der Waals surface area contributed by atoms with Crippen molar-refractivity contribution in [2.24, 2.45) is 0 Å². The average Bonchev–Trinajstić information content (AvgIpc) is 3.16. The van der Waals surface area contributed by atoms with E-state index in [1.807, 2.05) is 31.2 Å². The Kier molecular flexibility index (Phi) is 5.11. The number of rotatable bonds is 4. The lowest BCUT2D eigenvalue weighted by atomic mass is 10.0. The van der Waals surface area contributed by atoms with Crippen LogP contribution in [0.2, 0.25) is 5.02 Å². The van der Waals surface area contributed by atoms with Gasteiger partial charge in [0.1, 0.15) is 0 Å². The lowest BCUT2D eigenvalue weighted by Crippen LogP contribution is -2.47. The standard InChI is InChI=1S/C19H23ClN4O2S/c1-4-15-21-19-24(22-15)18(25)17(27-19)16(13-7-5-6-8-14(13)20)23-9-11(2)26-12(3)10-23/h5-8,11-12,16,25H,4,9-10H2,1-3H3/t11-,12-,16-/m1/s1. The van der Waals surface area contributed by atoms with Crippen LogP contribution >= 0.6 is 22.9 Å². The fraction of sp³-hybridized carbons (Fsp3) is 0.474. The van der Waals surface area contributed by atoms with Crippen molar-refractivity contribution in [2.75, 3.05) is 13.1 Å². The van der Waals surface area contributed by atoms with Crippen LogP contribution in [0.5, 0.6) is 5.88 Å². The molecule has 1 aliphatic rings. The highest BCUT2D eigenvalue weighted by Crippen LogP contribution is 2.42. The fourth-order valence-corrected chi connectivity index (χ4v) is 5.11. The number of nitrogens with zero attached hydrogens (tertiary/aromatic N) is 4. The molecule has 27 heavy (non-hydrogen) atoms. The van der Waals surface area contributed by atoms with Crippen LogP contribution in [-0.2, 0) is 11.2 Å². The summed E-state index contributed by atoms with van der Waals surface area (Å²) in [6, 6.07) is 7.63. The van der Waals surface area contributed by atoms with Crippen molar-refractivity contribution < 1.29 is 9.84 Å². The molecule has 4 rings (SSSR count). The lowest BCUT2D eigenvalue weighted by molar-refractivity contribution is -0.0764. The Morgan fingerprint density at radius 2 is 2.00 bits per heavy atom. The van der Waals surface area contributed by atoms with Crippen molar-refractivity contribution in [2.45, 2.75) is 45.4 Å². The minimum Gasteiger partial charge on any atom is -0.492 e. The molecule has 0 amide bonds. The summed E-state index contributed by atoms with van der Waals surface area (Å²) < 4.78 is 7.45. The number of aromatic hydroxyl groups is 1. The molecule has 3 aromatic rings. The second kappa shape index (κ2) is 7.39. The summed E-state index contributed by atoms with van der Waals surface area (Å²) in [5.74, 6) is 0.866. The van der Waals surface area contributed by atoms with Crippen LogP contribution in [0.25, 0.3) is 4.96 Å². The summed E-state index contributed by atoms with van der Waals surface area (Å²) in [6.45, 7) is 7.66. The molecular formula is C19H23ClN4O2S. The van der Waals surface area contributed by atoms with E-state index in [1.54, 1.807) is 0 Å². The average molecular weight is 407 g/mol. The van der Waals surface area contributed by atoms with Gasteiger partial charge in [-0.15, -0.1) is 5.10 Å². The maximum Gasteiger partial charge on any atom is 0.230 e. The van der Waals surface area contributed by atoms with Crippen LogP contribution in [0.4, 0.5) is 0 Å². The quantitative estimate of drug-likeness (QED) is 0.711. The Hall–Kier alpha value is -1.67. The molecule has 1 aliphatic heterocycles. The second-order valence-electron chi connectivity index (χ2n) is 7.00. The van der Waals surface area contributed by atoms with Crippen molar-refractivity contribution in [3.63, 3.8) is 0 Å². The molecular weight excluding hydrogens is 384 g/mol. The Labute approximate surface area is 167 Å². The number of morpholine rings is 1. The summed E-state index contributed by atoms with van der Waals surface area (Å²) in [5.41, 5.74) is 0.969. The van der Waals surface area contributed by atoms with Crippen molar-refractivity contribution in [1.29, 1.82) is 0 Å². The number of thiazole rings is 1. The Morgan fingerprint density at radius 1 is 1.30 bits per heavy atom. The summed E-state index contributed by atoms with van der Waals surface area (Å²) in [7, 11) is 0. The fourth-order valence-electron chi connectivity index (χ4n) is 3.75. The van der Waals surface area contributed by atoms with Gasteiger partial charge in [0.2, 0.25) is 10.8 Å². The third-order valence-electron chi connectivity index (χ3n) is 4.82. The van der Waals surface area contributed by atoms with E-state index in [2.05, 4.69) is 28.8 Å². The smallest absolute Gasteiger partial charge is 0.230 e. The predicted octanol–water partition coefficient (Wildman–Crippen LogP) is 3.91. The number of hydrogen-bond acceptors (Lipinski definition) is 6. The molecule has 0 spiro atoms. The number of aryl methyl sites for hydroxylation is 1. The van der Waals surface area contributed by atoms with Crippen molar-refractivity contribution >= 4 is 27.9 Å². The third-order valence-corrected chi connectivity index (χ3v) is 6.24. The molecule has 3 heterocycles. The molecule has 0 unspecified atom stereocenters. The molecule has 1 fully saturated rings. The van der Waals surface area contributed by atoms with E-state index in [1.165, 1.54) is 15.9 Å². The topological polar surface area (TPSA) is 62.9 Å². The highest BCUT2D eigenvalue weighted by molar-refractivity contribution is 7.17. The molecule has 144 valence electrons. The SMILES string of the molecule is CCc1nc2sc([C@@H](c3ccccc3Cl)N3C[C@@H](C)O[C@H](C)C3)c(O)n2n1. The van der Waals surface area contributed by atoms with E-state index < -0.39 is 0 Å². The van der Waals surface area contributed by atoms with Gasteiger partial charge in [-0.25, -0.2) is 4.98 Å². The first-order valence-corrected chi connectivity index (χ1v) is 10.4. The first-order valence-electron chi connectivity index (χ1n) is 9.19. The van der Waals surface area contributed by atoms with Crippen molar-refractivity contribution in [3.8, 4) is 5.88 Å². The first kappa shape index (κ1) is 18.7. The van der Waals surface area contributed by atoms with E-state index in [4.69, 9.17) is 16.3 Å². The molecule has 0 saturated carbocycles. The van der Waals surface area contributed by atoms with Crippen LogP contribution in [-0.4, -0.2) is 49.9 Å². The molecule has 8 heteroatoms. The molecule has 1 saturated heterocycles. The normalized spacial score (nSPS) is 22.4. The summed E-state index contributed by atoms with van der Waals surface area (Å²) in [5, 5.41) is 16.1. The van der Waals surface area contributed by atoms with Crippen LogP contribution in [0.15, 0.2) is 24.3 Å². The highest BCUT2D eigenvalue weighted by Gasteiger charge is 2.35. The van der Waals surface area contributed by atoms with E-state index in [0.717, 1.165) is 35.8 Å². The molecule has 0 bridgehead atoms. The zero-order chi connectivity index (χ0) is 19.1. The first-order chi connectivity index (χ1) is 13.0.